The fourth-order valence-corrected chi connectivity index (χ4v) is 5.00. The van der Waals surface area contributed by atoms with E-state index >= 15 is 0 Å². The first-order valence-corrected chi connectivity index (χ1v) is 12.2. The van der Waals surface area contributed by atoms with Gasteiger partial charge in [-0.05, 0) is 55.0 Å². The number of carbonyl (C=O) groups excluding carboxylic acids is 1. The second-order valence-electron chi connectivity index (χ2n) is 7.73. The summed E-state index contributed by atoms with van der Waals surface area (Å²) in [6, 6.07) is 18.6. The van der Waals surface area contributed by atoms with Gasteiger partial charge < -0.3 is 19.5 Å². The Morgan fingerprint density at radius 1 is 0.971 bits per heavy atom. The SMILES string of the molecule is COc1cc(C(=O)Nc2cc(S(=O)(=O)N3CCOCC3)ccc2Oc2ccccc2)ccc1C. The van der Waals surface area contributed by atoms with Gasteiger partial charge in [0, 0.05) is 18.7 Å². The van der Waals surface area contributed by atoms with Crippen LogP contribution in [0.4, 0.5) is 5.69 Å². The number of carbonyl (C=O) groups is 1. The molecule has 1 N–H and O–H groups in total. The number of para-hydroxylation sites is 1. The van der Waals surface area contributed by atoms with Crippen LogP contribution < -0.4 is 14.8 Å². The molecule has 0 unspecified atom stereocenters. The van der Waals surface area contributed by atoms with Crippen molar-refractivity contribution in [1.29, 1.82) is 0 Å². The molecule has 1 aliphatic rings. The minimum atomic E-state index is -3.76. The van der Waals surface area contributed by atoms with Crippen LogP contribution in [0.25, 0.3) is 0 Å². The predicted octanol–water partition coefficient (Wildman–Crippen LogP) is 4.07. The highest BCUT2D eigenvalue weighted by atomic mass is 32.2. The zero-order chi connectivity index (χ0) is 24.1. The number of sulfonamides is 1. The predicted molar refractivity (Wildman–Crippen MR) is 128 cm³/mol. The van der Waals surface area contributed by atoms with Crippen molar-refractivity contribution in [2.24, 2.45) is 0 Å². The lowest BCUT2D eigenvalue weighted by Gasteiger charge is -2.26. The third-order valence-electron chi connectivity index (χ3n) is 5.45. The minimum absolute atomic E-state index is 0.0617. The second-order valence-corrected chi connectivity index (χ2v) is 9.67. The lowest BCUT2D eigenvalue weighted by molar-refractivity contribution is 0.0730. The summed E-state index contributed by atoms with van der Waals surface area (Å²) in [5.41, 5.74) is 1.50. The van der Waals surface area contributed by atoms with Crippen molar-refractivity contribution in [2.45, 2.75) is 11.8 Å². The highest BCUT2D eigenvalue weighted by molar-refractivity contribution is 7.89. The molecule has 1 amide bonds. The van der Waals surface area contributed by atoms with E-state index in [4.69, 9.17) is 14.2 Å². The monoisotopic (exact) mass is 482 g/mol. The lowest BCUT2D eigenvalue weighted by Crippen LogP contribution is -2.40. The van der Waals surface area contributed by atoms with Crippen LogP contribution in [0.5, 0.6) is 17.2 Å². The van der Waals surface area contributed by atoms with Crippen molar-refractivity contribution < 1.29 is 27.4 Å². The summed E-state index contributed by atoms with van der Waals surface area (Å²) in [4.78, 5) is 13.1. The Kier molecular flexibility index (Phi) is 7.16. The van der Waals surface area contributed by atoms with Crippen molar-refractivity contribution in [1.82, 2.24) is 4.31 Å². The maximum Gasteiger partial charge on any atom is 0.255 e. The second kappa shape index (κ2) is 10.3. The third kappa shape index (κ3) is 5.22. The van der Waals surface area contributed by atoms with Gasteiger partial charge in [0.05, 0.1) is 30.9 Å². The highest BCUT2D eigenvalue weighted by Gasteiger charge is 2.27. The maximum atomic E-state index is 13.2. The van der Waals surface area contributed by atoms with Crippen molar-refractivity contribution in [3.8, 4) is 17.2 Å². The molecule has 0 radical (unpaired) electrons. The van der Waals surface area contributed by atoms with Crippen LogP contribution >= 0.6 is 0 Å². The van der Waals surface area contributed by atoms with Gasteiger partial charge in [0.2, 0.25) is 10.0 Å². The molecule has 0 bridgehead atoms. The number of nitrogens with one attached hydrogen (secondary N) is 1. The number of ether oxygens (including phenoxy) is 3. The van der Waals surface area contributed by atoms with Crippen molar-refractivity contribution >= 4 is 21.6 Å². The Hall–Kier alpha value is -3.40. The van der Waals surface area contributed by atoms with Gasteiger partial charge in [0.15, 0.2) is 5.75 Å². The molecule has 0 atom stereocenters. The fraction of sp³-hybridized carbons (Fsp3) is 0.240. The van der Waals surface area contributed by atoms with Gasteiger partial charge in [0.1, 0.15) is 11.5 Å². The van der Waals surface area contributed by atoms with Crippen LogP contribution in [0.3, 0.4) is 0 Å². The molecule has 3 aromatic rings. The normalized spacial score (nSPS) is 14.4. The van der Waals surface area contributed by atoms with Gasteiger partial charge in [-0.15, -0.1) is 0 Å². The number of amides is 1. The molecule has 1 fully saturated rings. The Morgan fingerprint density at radius 2 is 1.71 bits per heavy atom. The summed E-state index contributed by atoms with van der Waals surface area (Å²) in [6.07, 6.45) is 0. The summed E-state index contributed by atoms with van der Waals surface area (Å²) in [6.45, 7) is 3.11. The molecule has 1 heterocycles. The molecule has 8 nitrogen and oxygen atoms in total. The fourth-order valence-electron chi connectivity index (χ4n) is 3.56. The number of methoxy groups -OCH3 is 1. The average Bonchev–Trinajstić information content (AvgIpc) is 2.86. The summed E-state index contributed by atoms with van der Waals surface area (Å²) >= 11 is 0. The number of benzene rings is 3. The van der Waals surface area contributed by atoms with E-state index in [0.29, 0.717) is 36.0 Å². The van der Waals surface area contributed by atoms with Crippen LogP contribution in [0, 0.1) is 6.92 Å². The first-order chi connectivity index (χ1) is 16.4. The zero-order valence-corrected chi connectivity index (χ0v) is 19.8. The van der Waals surface area contributed by atoms with Crippen LogP contribution in [0.15, 0.2) is 71.6 Å². The zero-order valence-electron chi connectivity index (χ0n) is 19.0. The molecule has 34 heavy (non-hydrogen) atoms. The van der Waals surface area contributed by atoms with Gasteiger partial charge >= 0.3 is 0 Å². The third-order valence-corrected chi connectivity index (χ3v) is 7.34. The molecule has 0 spiro atoms. The topological polar surface area (TPSA) is 94.2 Å². The maximum absolute atomic E-state index is 13.2. The number of morpholine rings is 1. The molecule has 4 rings (SSSR count). The number of hydrogen-bond acceptors (Lipinski definition) is 6. The van der Waals surface area contributed by atoms with E-state index in [2.05, 4.69) is 5.32 Å². The first-order valence-electron chi connectivity index (χ1n) is 10.8. The summed E-state index contributed by atoms with van der Waals surface area (Å²) in [5.74, 6) is 1.03. The Labute approximate surface area is 199 Å². The van der Waals surface area contributed by atoms with Crippen LogP contribution in [-0.4, -0.2) is 52.0 Å². The van der Waals surface area contributed by atoms with E-state index in [1.165, 1.54) is 23.5 Å². The van der Waals surface area contributed by atoms with Gasteiger partial charge in [-0.3, -0.25) is 4.79 Å². The lowest BCUT2D eigenvalue weighted by atomic mass is 10.1. The molecule has 0 saturated carbocycles. The smallest absolute Gasteiger partial charge is 0.255 e. The molecule has 0 aromatic heterocycles. The molecule has 9 heteroatoms. The van der Waals surface area contributed by atoms with Crippen molar-refractivity contribution in [3.63, 3.8) is 0 Å². The number of anilines is 1. The van der Waals surface area contributed by atoms with Crippen molar-refractivity contribution in [3.05, 3.63) is 77.9 Å². The quantitative estimate of drug-likeness (QED) is 0.546. The Morgan fingerprint density at radius 3 is 2.41 bits per heavy atom. The molecule has 0 aliphatic carbocycles. The van der Waals surface area contributed by atoms with Gasteiger partial charge in [-0.25, -0.2) is 8.42 Å². The number of nitrogens with zero attached hydrogens (tertiary/aromatic N) is 1. The number of hydrogen-bond donors (Lipinski definition) is 1. The van der Waals surface area contributed by atoms with Gasteiger partial charge in [-0.2, -0.15) is 4.31 Å². The van der Waals surface area contributed by atoms with Crippen LogP contribution in [-0.2, 0) is 14.8 Å². The Bertz CT molecular complexity index is 1270. The average molecular weight is 483 g/mol. The molecular weight excluding hydrogens is 456 g/mol. The van der Waals surface area contributed by atoms with E-state index in [9.17, 15) is 13.2 Å². The molecule has 1 saturated heterocycles. The first kappa shape index (κ1) is 23.7. The summed E-state index contributed by atoms with van der Waals surface area (Å²) in [5, 5.41) is 2.81. The molecular formula is C25H26N2O6S. The number of rotatable bonds is 7. The summed E-state index contributed by atoms with van der Waals surface area (Å²) in [7, 11) is -2.23. The van der Waals surface area contributed by atoms with E-state index in [1.54, 1.807) is 36.4 Å². The highest BCUT2D eigenvalue weighted by Crippen LogP contribution is 2.33. The van der Waals surface area contributed by atoms with Crippen molar-refractivity contribution in [2.75, 3.05) is 38.7 Å². The van der Waals surface area contributed by atoms with E-state index in [1.807, 2.05) is 25.1 Å². The molecule has 1 aliphatic heterocycles. The standard InChI is InChI=1S/C25H26N2O6S/c1-18-8-9-19(16-24(18)31-2)25(28)26-22-17-21(34(29,30)27-12-14-32-15-13-27)10-11-23(22)33-20-6-4-3-5-7-20/h3-11,16-17H,12-15H2,1-2H3,(H,26,28). The minimum Gasteiger partial charge on any atom is -0.496 e. The largest absolute Gasteiger partial charge is 0.496 e. The van der Waals surface area contributed by atoms with Gasteiger partial charge in [-0.1, -0.05) is 24.3 Å². The number of aryl methyl sites for hydroxylation is 1. The van der Waals surface area contributed by atoms with E-state index in [0.717, 1.165) is 5.56 Å². The van der Waals surface area contributed by atoms with E-state index in [-0.39, 0.29) is 23.7 Å². The molecule has 3 aromatic carbocycles. The van der Waals surface area contributed by atoms with E-state index < -0.39 is 15.9 Å². The Balaban J connectivity index is 1.69. The van der Waals surface area contributed by atoms with Crippen LogP contribution in [0.2, 0.25) is 0 Å². The van der Waals surface area contributed by atoms with Gasteiger partial charge in [0.25, 0.3) is 5.91 Å². The van der Waals surface area contributed by atoms with Crippen LogP contribution in [0.1, 0.15) is 15.9 Å². The molecule has 178 valence electrons. The summed E-state index contributed by atoms with van der Waals surface area (Å²) < 4.78 is 44.3.